The number of nitrogens with zero attached hydrogens (tertiary/aromatic N) is 1. The minimum absolute atomic E-state index is 0.304. The molecule has 0 saturated carbocycles. The molecule has 5 rings (SSSR count). The molecule has 0 bridgehead atoms. The number of benzene rings is 4. The van der Waals surface area contributed by atoms with Gasteiger partial charge in [0.25, 0.3) is 0 Å². The molecule has 1 aliphatic rings. The molecule has 0 aliphatic carbocycles. The van der Waals surface area contributed by atoms with Crippen LogP contribution in [0.1, 0.15) is 27.5 Å². The molecule has 1 heterocycles. The Morgan fingerprint density at radius 1 is 0.842 bits per heavy atom. The second-order valence-corrected chi connectivity index (χ2v) is 8.71. The second kappa shape index (κ2) is 11.1. The van der Waals surface area contributed by atoms with Crippen LogP contribution < -0.4 is 9.64 Å². The molecular weight excluding hydrogens is 488 g/mol. The normalized spacial score (nSPS) is 17.0. The lowest BCUT2D eigenvalue weighted by atomic mass is 9.98. The van der Waals surface area contributed by atoms with Crippen molar-refractivity contribution in [1.29, 1.82) is 0 Å². The van der Waals surface area contributed by atoms with Crippen LogP contribution in [0.15, 0.2) is 115 Å². The van der Waals surface area contributed by atoms with Gasteiger partial charge in [0, 0.05) is 11.3 Å². The first-order valence-corrected chi connectivity index (χ1v) is 12.0. The maximum Gasteiger partial charge on any atom is 0.415 e. The van der Waals surface area contributed by atoms with Gasteiger partial charge >= 0.3 is 6.09 Å². The summed E-state index contributed by atoms with van der Waals surface area (Å²) in [5.41, 5.74) is 2.52. The monoisotopic (exact) mass is 511 g/mol. The lowest BCUT2D eigenvalue weighted by Gasteiger charge is -2.24. The minimum Gasteiger partial charge on any atom is -0.489 e. The predicted octanol–water partition coefficient (Wildman–Crippen LogP) is 7.05. The van der Waals surface area contributed by atoms with Gasteiger partial charge in [-0.05, 0) is 83.9 Å². The summed E-state index contributed by atoms with van der Waals surface area (Å²) in [6, 6.07) is 27.1. The zero-order chi connectivity index (χ0) is 26.5. The van der Waals surface area contributed by atoms with Gasteiger partial charge in [-0.1, -0.05) is 42.5 Å². The highest BCUT2D eigenvalue weighted by molar-refractivity contribution is 6.04. The van der Waals surface area contributed by atoms with E-state index in [0.29, 0.717) is 23.6 Å². The average molecular weight is 512 g/mol. The van der Waals surface area contributed by atoms with Gasteiger partial charge in [-0.15, -0.1) is 0 Å². The highest BCUT2D eigenvalue weighted by atomic mass is 19.1. The number of anilines is 1. The number of ether oxygens (including phenoxy) is 2. The predicted molar refractivity (Wildman–Crippen MR) is 139 cm³/mol. The van der Waals surface area contributed by atoms with E-state index in [2.05, 4.69) is 0 Å². The summed E-state index contributed by atoms with van der Waals surface area (Å²) in [4.78, 5) is 27.0. The number of cyclic esters (lactones) is 1. The highest BCUT2D eigenvalue weighted by Crippen LogP contribution is 2.38. The van der Waals surface area contributed by atoms with E-state index in [1.807, 2.05) is 42.5 Å². The summed E-state index contributed by atoms with van der Waals surface area (Å²) in [6.45, 7) is 0.407. The van der Waals surface area contributed by atoms with Crippen LogP contribution in [0.5, 0.6) is 5.75 Å². The molecule has 1 saturated heterocycles. The quantitative estimate of drug-likeness (QED) is 0.188. The number of carbonyl (C=O) groups excluding carboxylic acids is 2. The Balaban J connectivity index is 1.41. The van der Waals surface area contributed by atoms with E-state index in [0.717, 1.165) is 11.1 Å². The van der Waals surface area contributed by atoms with E-state index in [1.54, 1.807) is 12.1 Å². The van der Waals surface area contributed by atoms with Crippen molar-refractivity contribution in [2.24, 2.45) is 0 Å². The van der Waals surface area contributed by atoms with E-state index in [9.17, 15) is 18.4 Å². The molecule has 0 unspecified atom stereocenters. The zero-order valence-corrected chi connectivity index (χ0v) is 20.2. The molecule has 5 nitrogen and oxygen atoms in total. The summed E-state index contributed by atoms with van der Waals surface area (Å²) >= 11 is 0. The van der Waals surface area contributed by atoms with Crippen molar-refractivity contribution in [1.82, 2.24) is 0 Å². The molecule has 0 aromatic heterocycles. The minimum atomic E-state index is -0.812. The highest BCUT2D eigenvalue weighted by Gasteiger charge is 2.42. The fourth-order valence-corrected chi connectivity index (χ4v) is 4.24. The Morgan fingerprint density at radius 3 is 2.13 bits per heavy atom. The summed E-state index contributed by atoms with van der Waals surface area (Å²) in [5, 5.41) is 0. The molecule has 1 amide bonds. The van der Waals surface area contributed by atoms with E-state index in [1.165, 1.54) is 65.6 Å². The molecule has 1 fully saturated rings. The second-order valence-electron chi connectivity index (χ2n) is 8.71. The van der Waals surface area contributed by atoms with Crippen LogP contribution in [0.2, 0.25) is 0 Å². The van der Waals surface area contributed by atoms with Crippen LogP contribution in [-0.2, 0) is 11.3 Å². The summed E-state index contributed by atoms with van der Waals surface area (Å²) in [7, 11) is 0. The number of amides is 1. The van der Waals surface area contributed by atoms with Crippen LogP contribution in [0.4, 0.5) is 19.3 Å². The molecule has 4 aromatic carbocycles. The van der Waals surface area contributed by atoms with Gasteiger partial charge in [-0.3, -0.25) is 9.69 Å². The molecule has 1 aliphatic heterocycles. The van der Waals surface area contributed by atoms with Gasteiger partial charge in [0.2, 0.25) is 0 Å². The Kier molecular flexibility index (Phi) is 7.26. The largest absolute Gasteiger partial charge is 0.489 e. The van der Waals surface area contributed by atoms with E-state index in [4.69, 9.17) is 9.47 Å². The summed E-state index contributed by atoms with van der Waals surface area (Å²) in [5.74, 6) is -0.583. The van der Waals surface area contributed by atoms with E-state index in [-0.39, 0.29) is 5.78 Å². The number of halogens is 2. The van der Waals surface area contributed by atoms with Crippen molar-refractivity contribution >= 4 is 17.6 Å². The summed E-state index contributed by atoms with van der Waals surface area (Å²) in [6.07, 6.45) is 1.38. The standard InChI is InChI=1S/C31H23F2NO4/c32-24-10-6-22(7-11-24)28(35)18-19-29-30(34(31(36)38-29)26-14-12-25(33)13-15-26)23-8-16-27(17-9-23)37-20-21-4-2-1-3-5-21/h1-19,29-30H,20H2/b19-18+/t29-,30-/m1/s1. The first-order valence-electron chi connectivity index (χ1n) is 12.0. The van der Waals surface area contributed by atoms with Crippen molar-refractivity contribution in [2.75, 3.05) is 4.90 Å². The Labute approximate surface area is 218 Å². The Morgan fingerprint density at radius 2 is 1.47 bits per heavy atom. The molecular formula is C31H23F2NO4. The third kappa shape index (κ3) is 5.62. The molecule has 0 radical (unpaired) electrons. The lowest BCUT2D eigenvalue weighted by molar-refractivity contribution is 0.104. The van der Waals surface area contributed by atoms with Crippen molar-refractivity contribution in [3.63, 3.8) is 0 Å². The van der Waals surface area contributed by atoms with Crippen molar-refractivity contribution < 1.29 is 27.8 Å². The van der Waals surface area contributed by atoms with Crippen LogP contribution in [0.3, 0.4) is 0 Å². The number of ketones is 1. The fraction of sp³-hybridized carbons (Fsp3) is 0.0968. The first-order chi connectivity index (χ1) is 18.5. The third-order valence-corrected chi connectivity index (χ3v) is 6.16. The molecule has 2 atom stereocenters. The molecule has 7 heteroatoms. The van der Waals surface area contributed by atoms with Gasteiger partial charge < -0.3 is 9.47 Å². The first kappa shape index (κ1) is 24.9. The number of allylic oxidation sites excluding steroid dienone is 1. The lowest BCUT2D eigenvalue weighted by Crippen LogP contribution is -2.29. The van der Waals surface area contributed by atoms with E-state index >= 15 is 0 Å². The van der Waals surface area contributed by atoms with Gasteiger partial charge in [0.15, 0.2) is 5.78 Å². The van der Waals surface area contributed by atoms with Gasteiger partial charge in [-0.25, -0.2) is 13.6 Å². The van der Waals surface area contributed by atoms with E-state index < -0.39 is 29.9 Å². The van der Waals surface area contributed by atoms with Crippen molar-refractivity contribution in [3.8, 4) is 5.75 Å². The third-order valence-electron chi connectivity index (χ3n) is 6.16. The molecule has 0 spiro atoms. The maximum atomic E-state index is 13.6. The zero-order valence-electron chi connectivity index (χ0n) is 20.2. The SMILES string of the molecule is O=C(/C=C/[C@H]1OC(=O)N(c2ccc(F)cc2)[C@@H]1c1ccc(OCc2ccccc2)cc1)c1ccc(F)cc1. The van der Waals surface area contributed by atoms with Crippen LogP contribution >= 0.6 is 0 Å². The molecule has 38 heavy (non-hydrogen) atoms. The van der Waals surface area contributed by atoms with Crippen molar-refractivity contribution in [2.45, 2.75) is 18.8 Å². The Hall–Kier alpha value is -4.78. The fourth-order valence-electron chi connectivity index (χ4n) is 4.24. The van der Waals surface area contributed by atoms with Gasteiger partial charge in [0.05, 0.1) is 0 Å². The van der Waals surface area contributed by atoms with Gasteiger partial charge in [-0.2, -0.15) is 0 Å². The van der Waals surface area contributed by atoms with Crippen LogP contribution in [0.25, 0.3) is 0 Å². The van der Waals surface area contributed by atoms with Crippen LogP contribution in [0, 0.1) is 11.6 Å². The smallest absolute Gasteiger partial charge is 0.415 e. The van der Waals surface area contributed by atoms with Gasteiger partial charge in [0.1, 0.15) is 36.1 Å². The van der Waals surface area contributed by atoms with Crippen LogP contribution in [-0.4, -0.2) is 18.0 Å². The molecule has 4 aromatic rings. The molecule has 190 valence electrons. The number of hydrogen-bond acceptors (Lipinski definition) is 4. The average Bonchev–Trinajstić information content (AvgIpc) is 3.28. The van der Waals surface area contributed by atoms with Crippen molar-refractivity contribution in [3.05, 3.63) is 144 Å². The number of hydrogen-bond donors (Lipinski definition) is 0. The maximum absolute atomic E-state index is 13.6. The molecule has 0 N–H and O–H groups in total. The summed E-state index contributed by atoms with van der Waals surface area (Å²) < 4.78 is 38.3. The topological polar surface area (TPSA) is 55.8 Å². The Bertz CT molecular complexity index is 1440. The number of rotatable bonds is 8. The number of carbonyl (C=O) groups is 2.